The van der Waals surface area contributed by atoms with E-state index in [1.165, 1.54) is 0 Å². The summed E-state index contributed by atoms with van der Waals surface area (Å²) in [4.78, 5) is 41.5. The summed E-state index contributed by atoms with van der Waals surface area (Å²) < 4.78 is 10.5. The van der Waals surface area contributed by atoms with Crippen LogP contribution in [0, 0.1) is 5.92 Å². The number of nitrogens with one attached hydrogen (secondary N) is 1. The molecule has 0 aliphatic heterocycles. The minimum atomic E-state index is -0.586. The highest BCUT2D eigenvalue weighted by Crippen LogP contribution is 2.28. The predicted molar refractivity (Wildman–Crippen MR) is 150 cm³/mol. The van der Waals surface area contributed by atoms with Crippen LogP contribution in [0.4, 0.5) is 0 Å². The number of rotatable bonds is 16. The van der Waals surface area contributed by atoms with Crippen molar-refractivity contribution in [1.29, 1.82) is 0 Å². The van der Waals surface area contributed by atoms with E-state index in [2.05, 4.69) is 26.1 Å². The molecule has 0 heterocycles. The molecule has 0 aliphatic carbocycles. The average molecular weight is 525 g/mol. The lowest BCUT2D eigenvalue weighted by Crippen LogP contribution is -2.50. The number of ether oxygens (including phenoxy) is 2. The second-order valence-electron chi connectivity index (χ2n) is 9.97. The standard InChI is InChI=1S/C31H44N2O5/c1-6-8-18-33(28(19-23(3)4)31(36)32-22-24-12-10-9-11-13-24)29(34)20-26(21-30(35)38-7-2)25-14-16-27(37-5)17-15-25/h9-17,23,26,28H,6-8,18-22H2,1-5H3,(H,32,36)/t26-,28-/m0/s1. The summed E-state index contributed by atoms with van der Waals surface area (Å²) in [5, 5.41) is 3.04. The third-order valence-corrected chi connectivity index (χ3v) is 6.48. The molecular weight excluding hydrogens is 480 g/mol. The van der Waals surface area contributed by atoms with E-state index in [4.69, 9.17) is 9.47 Å². The molecule has 0 unspecified atom stereocenters. The summed E-state index contributed by atoms with van der Waals surface area (Å²) in [5.41, 5.74) is 1.86. The summed E-state index contributed by atoms with van der Waals surface area (Å²) in [6.45, 7) is 9.12. The maximum absolute atomic E-state index is 13.9. The molecule has 2 aromatic rings. The molecule has 208 valence electrons. The van der Waals surface area contributed by atoms with Crippen LogP contribution in [0.2, 0.25) is 0 Å². The van der Waals surface area contributed by atoms with E-state index in [-0.39, 0.29) is 49.1 Å². The Labute approximate surface area is 227 Å². The van der Waals surface area contributed by atoms with Crippen LogP contribution < -0.4 is 10.1 Å². The lowest BCUT2D eigenvalue weighted by molar-refractivity contribution is -0.145. The van der Waals surface area contributed by atoms with Crippen molar-refractivity contribution < 1.29 is 23.9 Å². The number of carbonyl (C=O) groups is 3. The second kappa shape index (κ2) is 16.5. The summed E-state index contributed by atoms with van der Waals surface area (Å²) >= 11 is 0. The van der Waals surface area contributed by atoms with E-state index in [0.717, 1.165) is 24.0 Å². The zero-order valence-electron chi connectivity index (χ0n) is 23.6. The van der Waals surface area contributed by atoms with E-state index in [1.807, 2.05) is 54.6 Å². The molecule has 0 aliphatic rings. The number of amides is 2. The van der Waals surface area contributed by atoms with Gasteiger partial charge >= 0.3 is 5.97 Å². The molecular formula is C31H44N2O5. The molecule has 0 bridgehead atoms. The minimum Gasteiger partial charge on any atom is -0.497 e. The number of hydrogen-bond acceptors (Lipinski definition) is 5. The van der Waals surface area contributed by atoms with Gasteiger partial charge in [0, 0.05) is 25.4 Å². The third-order valence-electron chi connectivity index (χ3n) is 6.48. The number of carbonyl (C=O) groups excluding carboxylic acids is 3. The van der Waals surface area contributed by atoms with Crippen molar-refractivity contribution in [3.8, 4) is 5.75 Å². The van der Waals surface area contributed by atoms with Crippen LogP contribution in [0.15, 0.2) is 54.6 Å². The van der Waals surface area contributed by atoms with Crippen LogP contribution in [0.25, 0.3) is 0 Å². The highest BCUT2D eigenvalue weighted by molar-refractivity contribution is 5.88. The van der Waals surface area contributed by atoms with E-state index in [9.17, 15) is 14.4 Å². The van der Waals surface area contributed by atoms with Crippen LogP contribution in [0.3, 0.4) is 0 Å². The Morgan fingerprint density at radius 1 is 0.947 bits per heavy atom. The molecule has 0 saturated heterocycles. The van der Waals surface area contributed by atoms with Gasteiger partial charge in [-0.25, -0.2) is 0 Å². The number of hydrogen-bond donors (Lipinski definition) is 1. The first-order valence-corrected chi connectivity index (χ1v) is 13.7. The van der Waals surface area contributed by atoms with Crippen molar-refractivity contribution in [2.24, 2.45) is 5.92 Å². The van der Waals surface area contributed by atoms with Crippen LogP contribution in [-0.2, 0) is 25.7 Å². The zero-order valence-corrected chi connectivity index (χ0v) is 23.6. The Bertz CT molecular complexity index is 991. The van der Waals surface area contributed by atoms with Gasteiger partial charge in [-0.05, 0) is 48.9 Å². The maximum Gasteiger partial charge on any atom is 0.306 e. The quantitative estimate of drug-likeness (QED) is 0.294. The topological polar surface area (TPSA) is 84.9 Å². The highest BCUT2D eigenvalue weighted by Gasteiger charge is 2.32. The molecule has 2 aromatic carbocycles. The molecule has 2 atom stereocenters. The van der Waals surface area contributed by atoms with Gasteiger partial charge in [0.2, 0.25) is 11.8 Å². The molecule has 1 N–H and O–H groups in total. The minimum absolute atomic E-state index is 0.0859. The number of unbranched alkanes of at least 4 members (excludes halogenated alkanes) is 1. The summed E-state index contributed by atoms with van der Waals surface area (Å²) in [5.74, 6) is -0.0883. The van der Waals surface area contributed by atoms with Crippen LogP contribution in [0.5, 0.6) is 5.75 Å². The first-order chi connectivity index (χ1) is 18.3. The van der Waals surface area contributed by atoms with Gasteiger partial charge in [-0.1, -0.05) is 69.7 Å². The molecule has 38 heavy (non-hydrogen) atoms. The largest absolute Gasteiger partial charge is 0.497 e. The lowest BCUT2D eigenvalue weighted by atomic mass is 9.91. The monoisotopic (exact) mass is 524 g/mol. The lowest BCUT2D eigenvalue weighted by Gasteiger charge is -2.33. The molecule has 2 rings (SSSR count). The van der Waals surface area contributed by atoms with Crippen molar-refractivity contribution >= 4 is 17.8 Å². The fourth-order valence-electron chi connectivity index (χ4n) is 4.44. The van der Waals surface area contributed by atoms with Gasteiger partial charge in [0.05, 0.1) is 20.1 Å². The Balaban J connectivity index is 2.29. The fourth-order valence-corrected chi connectivity index (χ4v) is 4.44. The Morgan fingerprint density at radius 2 is 1.63 bits per heavy atom. The predicted octanol–water partition coefficient (Wildman–Crippen LogP) is 5.48. The first kappa shape index (κ1) is 30.9. The van der Waals surface area contributed by atoms with Crippen molar-refractivity contribution in [1.82, 2.24) is 10.2 Å². The van der Waals surface area contributed by atoms with Crippen molar-refractivity contribution in [2.75, 3.05) is 20.3 Å². The number of nitrogens with zero attached hydrogens (tertiary/aromatic N) is 1. The van der Waals surface area contributed by atoms with Crippen LogP contribution in [0.1, 0.15) is 76.8 Å². The number of benzene rings is 2. The Morgan fingerprint density at radius 3 is 2.21 bits per heavy atom. The normalized spacial score (nSPS) is 12.5. The average Bonchev–Trinajstić information content (AvgIpc) is 2.91. The molecule has 0 radical (unpaired) electrons. The Kier molecular flexibility index (Phi) is 13.4. The second-order valence-corrected chi connectivity index (χ2v) is 9.97. The molecule has 0 fully saturated rings. The highest BCUT2D eigenvalue weighted by atomic mass is 16.5. The van der Waals surface area contributed by atoms with Gasteiger partial charge < -0.3 is 19.7 Å². The summed E-state index contributed by atoms with van der Waals surface area (Å²) in [6.07, 6.45) is 2.44. The smallest absolute Gasteiger partial charge is 0.306 e. The molecule has 0 aromatic heterocycles. The van der Waals surface area contributed by atoms with Crippen LogP contribution in [-0.4, -0.2) is 49.0 Å². The van der Waals surface area contributed by atoms with E-state index in [0.29, 0.717) is 25.3 Å². The van der Waals surface area contributed by atoms with E-state index >= 15 is 0 Å². The third kappa shape index (κ3) is 10.2. The van der Waals surface area contributed by atoms with Gasteiger partial charge in [-0.2, -0.15) is 0 Å². The van der Waals surface area contributed by atoms with Gasteiger partial charge in [0.25, 0.3) is 0 Å². The summed E-state index contributed by atoms with van der Waals surface area (Å²) in [6, 6.07) is 16.6. The SMILES string of the molecule is CCCCN(C(=O)C[C@@H](CC(=O)OCC)c1ccc(OC)cc1)[C@@H](CC(C)C)C(=O)NCc1ccccc1. The molecule has 7 nitrogen and oxygen atoms in total. The maximum atomic E-state index is 13.9. The molecule has 2 amide bonds. The number of methoxy groups -OCH3 is 1. The van der Waals surface area contributed by atoms with E-state index in [1.54, 1.807) is 18.9 Å². The molecule has 7 heteroatoms. The Hall–Kier alpha value is -3.35. The molecule has 0 spiro atoms. The van der Waals surface area contributed by atoms with Gasteiger partial charge in [-0.3, -0.25) is 14.4 Å². The van der Waals surface area contributed by atoms with Gasteiger partial charge in [0.15, 0.2) is 0 Å². The fraction of sp³-hybridized carbons (Fsp3) is 0.516. The van der Waals surface area contributed by atoms with Gasteiger partial charge in [-0.15, -0.1) is 0 Å². The first-order valence-electron chi connectivity index (χ1n) is 13.7. The van der Waals surface area contributed by atoms with E-state index < -0.39 is 6.04 Å². The van der Waals surface area contributed by atoms with Gasteiger partial charge in [0.1, 0.15) is 11.8 Å². The molecule has 0 saturated carbocycles. The van der Waals surface area contributed by atoms with Crippen LogP contribution >= 0.6 is 0 Å². The van der Waals surface area contributed by atoms with Crippen molar-refractivity contribution in [3.05, 3.63) is 65.7 Å². The van der Waals surface area contributed by atoms with Crippen molar-refractivity contribution in [3.63, 3.8) is 0 Å². The zero-order chi connectivity index (χ0) is 27.9. The summed E-state index contributed by atoms with van der Waals surface area (Å²) in [7, 11) is 1.60. The van der Waals surface area contributed by atoms with Crippen molar-refractivity contribution in [2.45, 2.75) is 78.3 Å². The number of esters is 1.